The maximum Gasteiger partial charge on any atom is 0.264 e. The minimum Gasteiger partial charge on any atom is -0.354 e. The summed E-state index contributed by atoms with van der Waals surface area (Å²) >= 11 is 0. The summed E-state index contributed by atoms with van der Waals surface area (Å²) < 4.78 is 41.9. The number of nitrogens with zero attached hydrogens (tertiary/aromatic N) is 2. The fourth-order valence-corrected chi connectivity index (χ4v) is 5.20. The summed E-state index contributed by atoms with van der Waals surface area (Å²) in [6.07, 6.45) is 0. The molecule has 38 heavy (non-hydrogen) atoms. The number of hydrogen-bond donors (Lipinski definition) is 1. The van der Waals surface area contributed by atoms with Gasteiger partial charge in [0.15, 0.2) is 0 Å². The SMILES string of the molecule is Cc1ccc(N(CC(=O)N(Cc2ccccc2)[C@@H](C)C(=O)NCC(C)C)S(=O)(=O)c2ccc(F)cc2)cc1. The topological polar surface area (TPSA) is 86.8 Å². The van der Waals surface area contributed by atoms with Crippen molar-refractivity contribution in [2.75, 3.05) is 17.4 Å². The van der Waals surface area contributed by atoms with Crippen LogP contribution in [0.3, 0.4) is 0 Å². The largest absolute Gasteiger partial charge is 0.354 e. The Bertz CT molecular complexity index is 1330. The molecule has 202 valence electrons. The normalized spacial score (nSPS) is 12.2. The van der Waals surface area contributed by atoms with Crippen molar-refractivity contribution in [1.82, 2.24) is 10.2 Å². The number of sulfonamides is 1. The Kier molecular flexibility index (Phi) is 9.63. The first-order valence-electron chi connectivity index (χ1n) is 12.4. The minimum absolute atomic E-state index is 0.119. The molecule has 0 aliphatic rings. The van der Waals surface area contributed by atoms with Crippen LogP contribution in [-0.2, 0) is 26.2 Å². The van der Waals surface area contributed by atoms with Gasteiger partial charge in [-0.1, -0.05) is 61.9 Å². The molecule has 1 atom stereocenters. The number of carbonyl (C=O) groups is 2. The zero-order valence-corrected chi connectivity index (χ0v) is 22.9. The number of nitrogens with one attached hydrogen (secondary N) is 1. The fraction of sp³-hybridized carbons (Fsp3) is 0.310. The summed E-state index contributed by atoms with van der Waals surface area (Å²) in [5.74, 6) is -1.22. The Labute approximate surface area is 224 Å². The fourth-order valence-electron chi connectivity index (χ4n) is 3.79. The van der Waals surface area contributed by atoms with E-state index in [0.717, 1.165) is 27.6 Å². The van der Waals surface area contributed by atoms with Crippen molar-refractivity contribution in [2.45, 2.75) is 45.2 Å². The first-order chi connectivity index (χ1) is 18.0. The minimum atomic E-state index is -4.23. The molecule has 0 saturated heterocycles. The average molecular weight is 540 g/mol. The molecule has 1 N–H and O–H groups in total. The van der Waals surface area contributed by atoms with Crippen LogP contribution < -0.4 is 9.62 Å². The predicted molar refractivity (Wildman–Crippen MR) is 146 cm³/mol. The summed E-state index contributed by atoms with van der Waals surface area (Å²) in [6.45, 7) is 7.46. The second-order valence-electron chi connectivity index (χ2n) is 9.62. The third-order valence-corrected chi connectivity index (χ3v) is 7.84. The predicted octanol–water partition coefficient (Wildman–Crippen LogP) is 4.52. The van der Waals surface area contributed by atoms with E-state index < -0.39 is 34.3 Å². The van der Waals surface area contributed by atoms with Crippen molar-refractivity contribution >= 4 is 27.5 Å². The van der Waals surface area contributed by atoms with E-state index >= 15 is 0 Å². The second-order valence-corrected chi connectivity index (χ2v) is 11.5. The number of halogens is 1. The standard InChI is InChI=1S/C29H34FN3O4S/c1-21(2)18-31-29(35)23(4)32(19-24-8-6-5-7-9-24)28(34)20-33(26-14-10-22(3)11-15-26)38(36,37)27-16-12-25(30)13-17-27/h5-17,21,23H,18-20H2,1-4H3,(H,31,35)/t23-/m0/s1. The average Bonchev–Trinajstić information content (AvgIpc) is 2.89. The number of carbonyl (C=O) groups excluding carboxylic acids is 2. The number of aryl methyl sites for hydroxylation is 1. The van der Waals surface area contributed by atoms with Crippen LogP contribution in [0.15, 0.2) is 83.8 Å². The molecule has 3 aromatic carbocycles. The maximum absolute atomic E-state index is 13.8. The Morgan fingerprint density at radius 1 is 0.895 bits per heavy atom. The highest BCUT2D eigenvalue weighted by atomic mass is 32.2. The van der Waals surface area contributed by atoms with Crippen molar-refractivity contribution in [3.8, 4) is 0 Å². The van der Waals surface area contributed by atoms with E-state index in [-0.39, 0.29) is 29.0 Å². The Morgan fingerprint density at radius 3 is 2.08 bits per heavy atom. The highest BCUT2D eigenvalue weighted by molar-refractivity contribution is 7.92. The Morgan fingerprint density at radius 2 is 1.50 bits per heavy atom. The number of hydrogen-bond acceptors (Lipinski definition) is 4. The second kappa shape index (κ2) is 12.7. The molecule has 0 unspecified atom stereocenters. The number of amides is 2. The molecule has 0 fully saturated rings. The molecule has 0 spiro atoms. The molecule has 3 aromatic rings. The monoisotopic (exact) mass is 539 g/mol. The lowest BCUT2D eigenvalue weighted by atomic mass is 10.1. The highest BCUT2D eigenvalue weighted by Gasteiger charge is 2.32. The molecular weight excluding hydrogens is 505 g/mol. The number of benzene rings is 3. The zero-order chi connectivity index (χ0) is 27.9. The third-order valence-electron chi connectivity index (χ3n) is 6.05. The van der Waals surface area contributed by atoms with Gasteiger partial charge < -0.3 is 10.2 Å². The van der Waals surface area contributed by atoms with Crippen molar-refractivity contribution < 1.29 is 22.4 Å². The van der Waals surface area contributed by atoms with Crippen LogP contribution in [-0.4, -0.2) is 44.3 Å². The molecule has 7 nitrogen and oxygen atoms in total. The van der Waals surface area contributed by atoms with E-state index in [1.165, 1.54) is 17.0 Å². The molecule has 0 heterocycles. The molecule has 0 bridgehead atoms. The van der Waals surface area contributed by atoms with Crippen LogP contribution in [0.25, 0.3) is 0 Å². The molecule has 3 rings (SSSR count). The van der Waals surface area contributed by atoms with E-state index in [2.05, 4.69) is 5.32 Å². The molecule has 9 heteroatoms. The maximum atomic E-state index is 13.8. The van der Waals surface area contributed by atoms with Gasteiger partial charge in [-0.15, -0.1) is 0 Å². The third kappa shape index (κ3) is 7.41. The van der Waals surface area contributed by atoms with Crippen LogP contribution in [0.4, 0.5) is 10.1 Å². The first-order valence-corrected chi connectivity index (χ1v) is 13.9. The number of rotatable bonds is 11. The summed E-state index contributed by atoms with van der Waals surface area (Å²) in [7, 11) is -4.23. The molecule has 0 saturated carbocycles. The van der Waals surface area contributed by atoms with Gasteiger partial charge in [0.05, 0.1) is 10.6 Å². The van der Waals surface area contributed by atoms with E-state index in [1.54, 1.807) is 31.2 Å². The molecule has 0 aliphatic heterocycles. The first kappa shape index (κ1) is 28.8. The molecule has 0 aromatic heterocycles. The lowest BCUT2D eigenvalue weighted by Gasteiger charge is -2.32. The lowest BCUT2D eigenvalue weighted by Crippen LogP contribution is -2.51. The van der Waals surface area contributed by atoms with Crippen LogP contribution in [0.1, 0.15) is 31.9 Å². The van der Waals surface area contributed by atoms with Gasteiger partial charge in [0.2, 0.25) is 11.8 Å². The lowest BCUT2D eigenvalue weighted by molar-refractivity contribution is -0.139. The quantitative estimate of drug-likeness (QED) is 0.388. The van der Waals surface area contributed by atoms with Gasteiger partial charge in [0, 0.05) is 13.1 Å². The van der Waals surface area contributed by atoms with Crippen molar-refractivity contribution in [3.05, 3.63) is 95.8 Å². The van der Waals surface area contributed by atoms with Crippen LogP contribution in [0, 0.1) is 18.7 Å². The summed E-state index contributed by atoms with van der Waals surface area (Å²) in [6, 6.07) is 19.5. The van der Waals surface area contributed by atoms with E-state index in [4.69, 9.17) is 0 Å². The van der Waals surface area contributed by atoms with Crippen molar-refractivity contribution in [3.63, 3.8) is 0 Å². The molecular formula is C29H34FN3O4S. The molecule has 0 aliphatic carbocycles. The van der Waals surface area contributed by atoms with Gasteiger partial charge in [0.1, 0.15) is 18.4 Å². The van der Waals surface area contributed by atoms with Crippen LogP contribution in [0.2, 0.25) is 0 Å². The van der Waals surface area contributed by atoms with Gasteiger partial charge >= 0.3 is 0 Å². The van der Waals surface area contributed by atoms with Gasteiger partial charge in [-0.3, -0.25) is 13.9 Å². The van der Waals surface area contributed by atoms with Crippen molar-refractivity contribution in [2.24, 2.45) is 5.92 Å². The molecule has 0 radical (unpaired) electrons. The van der Waals surface area contributed by atoms with Crippen LogP contribution in [0.5, 0.6) is 0 Å². The van der Waals surface area contributed by atoms with E-state index in [1.807, 2.05) is 51.1 Å². The smallest absolute Gasteiger partial charge is 0.264 e. The van der Waals surface area contributed by atoms with Gasteiger partial charge in [-0.05, 0) is 61.7 Å². The van der Waals surface area contributed by atoms with Crippen LogP contribution >= 0.6 is 0 Å². The summed E-state index contributed by atoms with van der Waals surface area (Å²) in [5.41, 5.74) is 2.00. The summed E-state index contributed by atoms with van der Waals surface area (Å²) in [5, 5.41) is 2.86. The zero-order valence-electron chi connectivity index (χ0n) is 22.1. The highest BCUT2D eigenvalue weighted by Crippen LogP contribution is 2.25. The Hall–Kier alpha value is -3.72. The molecule has 2 amide bonds. The van der Waals surface area contributed by atoms with Gasteiger partial charge in [-0.25, -0.2) is 12.8 Å². The number of anilines is 1. The van der Waals surface area contributed by atoms with E-state index in [0.29, 0.717) is 6.54 Å². The summed E-state index contributed by atoms with van der Waals surface area (Å²) in [4.78, 5) is 28.0. The van der Waals surface area contributed by atoms with Crippen molar-refractivity contribution in [1.29, 1.82) is 0 Å². The van der Waals surface area contributed by atoms with E-state index in [9.17, 15) is 22.4 Å². The van der Waals surface area contributed by atoms with Gasteiger partial charge in [-0.2, -0.15) is 0 Å². The van der Waals surface area contributed by atoms with Gasteiger partial charge in [0.25, 0.3) is 10.0 Å². The Balaban J connectivity index is 1.99.